The van der Waals surface area contributed by atoms with Gasteiger partial charge in [-0.3, -0.25) is 4.79 Å². The molecule has 2 aromatic carbocycles. The van der Waals surface area contributed by atoms with Gasteiger partial charge in [-0.05, 0) is 60.0 Å². The zero-order valence-electron chi connectivity index (χ0n) is 16.9. The van der Waals surface area contributed by atoms with Crippen LogP contribution in [0.1, 0.15) is 29.2 Å². The molecule has 0 bridgehead atoms. The van der Waals surface area contributed by atoms with Gasteiger partial charge in [0.15, 0.2) is 0 Å². The summed E-state index contributed by atoms with van der Waals surface area (Å²) in [6, 6.07) is 13.7. The first-order valence-electron chi connectivity index (χ1n) is 9.69. The lowest BCUT2D eigenvalue weighted by Crippen LogP contribution is -2.47. The van der Waals surface area contributed by atoms with E-state index in [0.29, 0.717) is 28.1 Å². The number of alkyl halides is 3. The van der Waals surface area contributed by atoms with Gasteiger partial charge in [0.2, 0.25) is 0 Å². The lowest BCUT2D eigenvalue weighted by Gasteiger charge is -2.32. The van der Waals surface area contributed by atoms with Crippen molar-refractivity contribution in [3.05, 3.63) is 95.1 Å². The van der Waals surface area contributed by atoms with Crippen molar-refractivity contribution in [2.75, 3.05) is 0 Å². The fourth-order valence-electron chi connectivity index (χ4n) is 3.39. The minimum Gasteiger partial charge on any atom is -0.360 e. The molecule has 1 unspecified atom stereocenters. The Morgan fingerprint density at radius 3 is 2.31 bits per heavy atom. The summed E-state index contributed by atoms with van der Waals surface area (Å²) in [4.78, 5) is 12.8. The van der Waals surface area contributed by atoms with Crippen LogP contribution in [-0.2, 0) is 11.0 Å². The number of hydrogen-bond donors (Lipinski definition) is 1. The Balaban J connectivity index is 1.71. The van der Waals surface area contributed by atoms with Gasteiger partial charge < -0.3 is 5.32 Å². The maximum atomic E-state index is 12.9. The van der Waals surface area contributed by atoms with Gasteiger partial charge in [-0.1, -0.05) is 30.3 Å². The monoisotopic (exact) mass is 434 g/mol. The van der Waals surface area contributed by atoms with Crippen LogP contribution < -0.4 is 5.32 Å². The molecule has 160 valence electrons. The van der Waals surface area contributed by atoms with E-state index in [1.807, 2.05) is 6.07 Å². The first kappa shape index (κ1) is 21.1. The summed E-state index contributed by atoms with van der Waals surface area (Å²) in [6.07, 6.45) is 1.55. The van der Waals surface area contributed by atoms with Gasteiger partial charge in [0.25, 0.3) is 5.91 Å². The highest BCUT2D eigenvalue weighted by Gasteiger charge is 2.31. The Labute approximate surface area is 182 Å². The number of amides is 1. The predicted molar refractivity (Wildman–Crippen MR) is 115 cm³/mol. The summed E-state index contributed by atoms with van der Waals surface area (Å²) < 4.78 is 38.8. The van der Waals surface area contributed by atoms with Crippen molar-refractivity contribution in [1.82, 2.24) is 10.3 Å². The minimum absolute atomic E-state index is 0.342. The number of benzene rings is 2. The average Bonchev–Trinajstić information content (AvgIpc) is 2.76. The molecule has 5 nitrogen and oxygen atoms in total. The molecule has 1 amide bonds. The van der Waals surface area contributed by atoms with Crippen molar-refractivity contribution in [1.29, 1.82) is 5.26 Å². The van der Waals surface area contributed by atoms with E-state index >= 15 is 0 Å². The molecule has 1 atom stereocenters. The van der Waals surface area contributed by atoms with Crippen LogP contribution in [0, 0.1) is 11.3 Å². The van der Waals surface area contributed by atoms with E-state index in [1.165, 1.54) is 23.2 Å². The summed E-state index contributed by atoms with van der Waals surface area (Å²) in [5.41, 5.74) is 2.84. The molecule has 8 heteroatoms. The van der Waals surface area contributed by atoms with Crippen LogP contribution in [0.5, 0.6) is 0 Å². The zero-order valence-corrected chi connectivity index (χ0v) is 16.9. The zero-order chi connectivity index (χ0) is 22.9. The van der Waals surface area contributed by atoms with Gasteiger partial charge in [0.05, 0.1) is 22.9 Å². The third kappa shape index (κ3) is 4.32. The average molecular weight is 434 g/mol. The first-order valence-corrected chi connectivity index (χ1v) is 9.69. The van der Waals surface area contributed by atoms with E-state index in [1.54, 1.807) is 49.4 Å². The Bertz CT molecular complexity index is 1210. The number of hydrogen-bond acceptors (Lipinski definition) is 4. The Morgan fingerprint density at radius 2 is 1.69 bits per heavy atom. The van der Waals surface area contributed by atoms with Gasteiger partial charge >= 0.3 is 6.18 Å². The molecule has 0 saturated heterocycles. The number of hydrazone groups is 1. The van der Waals surface area contributed by atoms with Crippen LogP contribution in [0.25, 0.3) is 11.3 Å². The van der Waals surface area contributed by atoms with Crippen LogP contribution in [0.2, 0.25) is 0 Å². The molecule has 0 saturated carbocycles. The van der Waals surface area contributed by atoms with Gasteiger partial charge in [0.1, 0.15) is 6.17 Å². The molecule has 0 aromatic heterocycles. The summed E-state index contributed by atoms with van der Waals surface area (Å²) in [5, 5.41) is 17.9. The maximum absolute atomic E-state index is 12.9. The number of fused-ring (bicyclic) bond motifs is 1. The third-order valence-corrected chi connectivity index (χ3v) is 5.04. The van der Waals surface area contributed by atoms with Crippen molar-refractivity contribution in [2.24, 2.45) is 5.10 Å². The second-order valence-electron chi connectivity index (χ2n) is 7.29. The molecule has 2 aliphatic rings. The molecule has 4 rings (SSSR count). The number of carbonyl (C=O) groups is 1. The van der Waals surface area contributed by atoms with Crippen molar-refractivity contribution in [3.8, 4) is 6.07 Å². The Hall–Kier alpha value is -4.12. The number of halogens is 3. The quantitative estimate of drug-likeness (QED) is 0.745. The van der Waals surface area contributed by atoms with Crippen molar-refractivity contribution in [2.45, 2.75) is 19.3 Å². The van der Waals surface area contributed by atoms with Crippen LogP contribution >= 0.6 is 0 Å². The molecule has 2 aromatic rings. The smallest absolute Gasteiger partial charge is 0.360 e. The van der Waals surface area contributed by atoms with Crippen LogP contribution in [0.3, 0.4) is 0 Å². The highest BCUT2D eigenvalue weighted by atomic mass is 19.4. The first-order chi connectivity index (χ1) is 15.2. The van der Waals surface area contributed by atoms with Crippen LogP contribution in [0.15, 0.2) is 77.9 Å². The predicted octanol–water partition coefficient (Wildman–Crippen LogP) is 4.71. The summed E-state index contributed by atoms with van der Waals surface area (Å²) in [7, 11) is 0. The minimum atomic E-state index is -4.41. The Kier molecular flexibility index (Phi) is 5.41. The number of nitrogens with one attached hydrogen (secondary N) is 1. The number of rotatable bonds is 2. The summed E-state index contributed by atoms with van der Waals surface area (Å²) in [6.45, 7) is 1.73. The lowest BCUT2D eigenvalue weighted by atomic mass is 10.0. The van der Waals surface area contributed by atoms with Gasteiger partial charge in [-0.15, -0.1) is 0 Å². The molecule has 1 N–H and O–H groups in total. The van der Waals surface area contributed by atoms with E-state index < -0.39 is 17.9 Å². The van der Waals surface area contributed by atoms with E-state index in [0.717, 1.165) is 17.7 Å². The SMILES string of the molecule is CC1=NN2C(=O)C=C(c3ccc(C#N)cc3)NC2C=C(c2ccc(C(F)(F)F)cc2)C=C1. The fourth-order valence-corrected chi connectivity index (χ4v) is 3.39. The van der Waals surface area contributed by atoms with E-state index in [9.17, 15) is 18.0 Å². The topological polar surface area (TPSA) is 68.5 Å². The largest absolute Gasteiger partial charge is 0.416 e. The number of nitriles is 1. The van der Waals surface area contributed by atoms with Crippen molar-refractivity contribution in [3.63, 3.8) is 0 Å². The molecule has 0 radical (unpaired) electrons. The maximum Gasteiger partial charge on any atom is 0.416 e. The van der Waals surface area contributed by atoms with E-state index in [4.69, 9.17) is 5.26 Å². The Morgan fingerprint density at radius 1 is 1.03 bits per heavy atom. The van der Waals surface area contributed by atoms with Gasteiger partial charge in [0, 0.05) is 11.8 Å². The molecule has 0 fully saturated rings. The molecule has 0 aliphatic carbocycles. The van der Waals surface area contributed by atoms with Crippen LogP contribution in [0.4, 0.5) is 13.2 Å². The van der Waals surface area contributed by atoms with E-state index in [2.05, 4.69) is 10.4 Å². The normalized spacial score (nSPS) is 18.3. The van der Waals surface area contributed by atoms with E-state index in [-0.39, 0.29) is 5.91 Å². The van der Waals surface area contributed by atoms with Crippen molar-refractivity contribution >= 4 is 22.9 Å². The van der Waals surface area contributed by atoms with Crippen LogP contribution in [-0.4, -0.2) is 22.8 Å². The second kappa shape index (κ2) is 8.19. The number of allylic oxidation sites excluding steroid dienone is 3. The molecule has 0 spiro atoms. The highest BCUT2D eigenvalue weighted by molar-refractivity contribution is 6.01. The molecule has 2 aliphatic heterocycles. The molecule has 2 heterocycles. The third-order valence-electron chi connectivity index (χ3n) is 5.04. The summed E-state index contributed by atoms with van der Waals surface area (Å²) in [5.74, 6) is -0.342. The van der Waals surface area contributed by atoms with Crippen molar-refractivity contribution < 1.29 is 18.0 Å². The van der Waals surface area contributed by atoms with Gasteiger partial charge in [-0.2, -0.15) is 23.5 Å². The van der Waals surface area contributed by atoms with Gasteiger partial charge in [-0.25, -0.2) is 5.01 Å². The summed E-state index contributed by atoms with van der Waals surface area (Å²) >= 11 is 0. The molecular weight excluding hydrogens is 417 g/mol. The molecular formula is C24H17F3N4O. The number of carbonyl (C=O) groups excluding carboxylic acids is 1. The number of nitrogens with zero attached hydrogens (tertiary/aromatic N) is 3. The lowest BCUT2D eigenvalue weighted by molar-refractivity contribution is -0.137. The second-order valence-corrected chi connectivity index (χ2v) is 7.29. The molecule has 32 heavy (non-hydrogen) atoms. The highest BCUT2D eigenvalue weighted by Crippen LogP contribution is 2.31. The fraction of sp³-hybridized carbons (Fsp3) is 0.125. The standard InChI is InChI=1S/C24H17F3N4O/c1-15-2-5-19(17-8-10-20(11-9-17)24(25,26)27)12-22-29-21(13-23(32)31(22)30-15)18-6-3-16(14-28)4-7-18/h2-13,22,29H,1H3.